The quantitative estimate of drug-likeness (QED) is 0.0557. The first-order valence-electron chi connectivity index (χ1n) is 48.2. The lowest BCUT2D eigenvalue weighted by Gasteiger charge is -2.30. The second-order valence-electron chi connectivity index (χ2n) is 37.5. The molecule has 0 atom stereocenters. The minimum Gasteiger partial charge on any atom is -0.307 e. The highest BCUT2D eigenvalue weighted by Gasteiger charge is 2.31. The molecule has 716 valence electrons. The van der Waals surface area contributed by atoms with Gasteiger partial charge in [-0.05, 0) is 425 Å². The van der Waals surface area contributed by atoms with Gasteiger partial charge in [-0.25, -0.2) is 52.7 Å². The number of hydrogen-bond donors (Lipinski definition) is 0. The summed E-state index contributed by atoms with van der Waals surface area (Å²) in [5.74, 6) is -4.90. The molecule has 0 heterocycles. The Bertz CT molecular complexity index is 8480. The lowest BCUT2D eigenvalue weighted by atomic mass is 9.91. The summed E-state index contributed by atoms with van der Waals surface area (Å²) in [6.45, 7) is 7.49. The molecular weight excluding hydrogens is 1870 g/mol. The van der Waals surface area contributed by atoms with Crippen LogP contribution in [0.15, 0.2) is 437 Å². The van der Waals surface area contributed by atoms with Gasteiger partial charge in [0.1, 0.15) is 69.8 Å². The fourth-order valence-electron chi connectivity index (χ4n) is 20.6. The van der Waals surface area contributed by atoms with Crippen molar-refractivity contribution < 1.29 is 52.7 Å². The third kappa shape index (κ3) is 18.0. The van der Waals surface area contributed by atoms with Crippen molar-refractivity contribution >= 4 is 133 Å². The number of aryl methyl sites for hydroxylation is 4. The van der Waals surface area contributed by atoms with Crippen molar-refractivity contribution in [2.75, 3.05) is 19.6 Å². The Morgan fingerprint density at radius 1 is 0.128 bits per heavy atom. The summed E-state index contributed by atoms with van der Waals surface area (Å²) in [5.41, 5.74) is 21.1. The van der Waals surface area contributed by atoms with Crippen LogP contribution in [0.2, 0.25) is 0 Å². The first-order chi connectivity index (χ1) is 71.8. The van der Waals surface area contributed by atoms with E-state index in [1.54, 1.807) is 121 Å². The summed E-state index contributed by atoms with van der Waals surface area (Å²) in [6, 6.07) is 126. The molecule has 0 saturated carbocycles. The van der Waals surface area contributed by atoms with Crippen molar-refractivity contribution in [3.63, 3.8) is 0 Å². The molecular formula is C132H84F12N4. The highest BCUT2D eigenvalue weighted by Crippen LogP contribution is 2.55. The smallest absolute Gasteiger partial charge is 0.147 e. The van der Waals surface area contributed by atoms with E-state index in [2.05, 4.69) is 0 Å². The normalized spacial score (nSPS) is 11.5. The fourth-order valence-corrected chi connectivity index (χ4v) is 20.6. The van der Waals surface area contributed by atoms with Crippen LogP contribution in [0.25, 0.3) is 154 Å². The van der Waals surface area contributed by atoms with Gasteiger partial charge in [-0.15, -0.1) is 0 Å². The lowest BCUT2D eigenvalue weighted by Crippen LogP contribution is -2.14. The number of halogens is 12. The van der Waals surface area contributed by atoms with Crippen molar-refractivity contribution in [2.24, 2.45) is 0 Å². The van der Waals surface area contributed by atoms with Gasteiger partial charge in [0.15, 0.2) is 0 Å². The standard InChI is InChI=1S/2C66H42F6N2/c1-39-3-27-63(59(71)31-39)73(55-35-47(41-5-17-51(67)18-6-41)33-48(36-55)42-7-19-52(68)20-8-42)61-29-15-45-14-26-58-62(30-16-46-13-25-57(61)65(45)66(46)58)74(64-28-4-40(2)32-60(64)72)56-37-49(43-9-21-53(69)22-10-43)34-50(38-56)44-11-23-54(70)24-12-44;1-39-3-27-59(71)63(31-39)73(55-35-47(41-5-17-51(67)18-6-41)33-48(36-55)42-7-19-52(68)20-8-42)61-29-15-45-14-26-58-62(30-16-46-13-25-57(61)65(45)66(46)58)74(64-32-40(2)4-28-60(64)72)56-37-49(43-9-21-53(69)22-10-43)34-50(38-56)44-11-23-54(70)24-12-44/h2*3-38H,1-2H3. The van der Waals surface area contributed by atoms with Gasteiger partial charge in [0.2, 0.25) is 0 Å². The summed E-state index contributed by atoms with van der Waals surface area (Å²) in [4.78, 5) is 7.60. The molecule has 0 aliphatic carbocycles. The lowest BCUT2D eigenvalue weighted by molar-refractivity contribution is 0.627. The zero-order chi connectivity index (χ0) is 102. The maximum absolute atomic E-state index is 16.8. The van der Waals surface area contributed by atoms with Gasteiger partial charge in [0.25, 0.3) is 0 Å². The Kier molecular flexibility index (Phi) is 24.3. The number of rotatable bonds is 20. The Morgan fingerprint density at radius 2 is 0.297 bits per heavy atom. The molecule has 0 fully saturated rings. The molecule has 0 aliphatic heterocycles. The van der Waals surface area contributed by atoms with Gasteiger partial charge in [0, 0.05) is 44.3 Å². The van der Waals surface area contributed by atoms with Gasteiger partial charge in [-0.3, -0.25) is 0 Å². The predicted molar refractivity (Wildman–Crippen MR) is 581 cm³/mol. The maximum atomic E-state index is 16.8. The number of hydrogen-bond acceptors (Lipinski definition) is 4. The SMILES string of the molecule is Cc1ccc(F)c(N(c2cc(-c3ccc(F)cc3)cc(-c3ccc(F)cc3)c2)c2ccc3ccc4c(N(c5cc(-c6ccc(F)cc6)cc(-c6ccc(F)cc6)c5)c5cc(C)ccc5F)ccc5ccc2c3c54)c1.Cc1ccc(N(c2cc(-c3ccc(F)cc3)cc(-c3ccc(F)cc3)c2)c2ccc3ccc4c(N(c5cc(-c6ccc(F)cc6)cc(-c6ccc(F)cc6)c5)c5ccc(C)cc5F)ccc5ccc2c3c54)c(F)c1. The third-order valence-corrected chi connectivity index (χ3v) is 27.7. The molecule has 0 unspecified atom stereocenters. The highest BCUT2D eigenvalue weighted by molar-refractivity contribution is 6.30. The van der Waals surface area contributed by atoms with E-state index in [0.29, 0.717) is 56.9 Å². The molecule has 0 aliphatic rings. The van der Waals surface area contributed by atoms with E-state index in [0.717, 1.165) is 176 Å². The second kappa shape index (κ2) is 38.4. The average Bonchev–Trinajstić information content (AvgIpc) is 0.718. The molecule has 0 amide bonds. The minimum atomic E-state index is -0.460. The topological polar surface area (TPSA) is 13.0 Å². The van der Waals surface area contributed by atoms with Gasteiger partial charge in [-0.1, -0.05) is 194 Å². The zero-order valence-corrected chi connectivity index (χ0v) is 79.9. The molecule has 0 saturated heterocycles. The Labute approximate surface area is 845 Å². The molecule has 24 aromatic rings. The van der Waals surface area contributed by atoms with E-state index in [9.17, 15) is 35.1 Å². The molecule has 148 heavy (non-hydrogen) atoms. The number of anilines is 12. The Balaban J connectivity index is 0.000000163. The molecule has 0 bridgehead atoms. The summed E-state index contributed by atoms with van der Waals surface area (Å²) >= 11 is 0. The van der Waals surface area contributed by atoms with Crippen molar-refractivity contribution in [1.29, 1.82) is 0 Å². The van der Waals surface area contributed by atoms with Gasteiger partial charge >= 0.3 is 0 Å². The van der Waals surface area contributed by atoms with E-state index in [-0.39, 0.29) is 57.9 Å². The summed E-state index contributed by atoms with van der Waals surface area (Å²) in [7, 11) is 0. The monoisotopic (exact) mass is 1950 g/mol. The van der Waals surface area contributed by atoms with Crippen LogP contribution in [-0.2, 0) is 0 Å². The maximum Gasteiger partial charge on any atom is 0.147 e. The van der Waals surface area contributed by atoms with Crippen LogP contribution in [-0.4, -0.2) is 0 Å². The van der Waals surface area contributed by atoms with E-state index in [1.165, 1.54) is 121 Å². The van der Waals surface area contributed by atoms with Crippen LogP contribution >= 0.6 is 0 Å². The van der Waals surface area contributed by atoms with Crippen molar-refractivity contribution in [3.8, 4) is 89.0 Å². The summed E-state index contributed by atoms with van der Waals surface area (Å²) < 4.78 is 182. The molecule has 0 aromatic heterocycles. The van der Waals surface area contributed by atoms with Crippen molar-refractivity contribution in [3.05, 3.63) is 529 Å². The Morgan fingerprint density at radius 3 is 0.493 bits per heavy atom. The van der Waals surface area contributed by atoms with E-state index in [1.807, 2.05) is 241 Å². The fraction of sp³-hybridized carbons (Fsp3) is 0.0303. The first kappa shape index (κ1) is 93.4. The highest BCUT2D eigenvalue weighted by atomic mass is 19.2. The largest absolute Gasteiger partial charge is 0.307 e. The molecule has 4 nitrogen and oxygen atoms in total. The van der Waals surface area contributed by atoms with Crippen LogP contribution in [0.1, 0.15) is 22.3 Å². The van der Waals surface area contributed by atoms with Crippen LogP contribution in [0, 0.1) is 97.5 Å². The molecule has 16 heteroatoms. The Hall–Kier alpha value is -18.3. The van der Waals surface area contributed by atoms with Crippen molar-refractivity contribution in [1.82, 2.24) is 0 Å². The second-order valence-corrected chi connectivity index (χ2v) is 37.5. The van der Waals surface area contributed by atoms with E-state index in [4.69, 9.17) is 0 Å². The van der Waals surface area contributed by atoms with Gasteiger partial charge in [0.05, 0.1) is 45.5 Å². The molecule has 24 aromatic carbocycles. The van der Waals surface area contributed by atoms with Crippen LogP contribution < -0.4 is 19.6 Å². The predicted octanol–water partition coefficient (Wildman–Crippen LogP) is 39.3. The van der Waals surface area contributed by atoms with Crippen LogP contribution in [0.5, 0.6) is 0 Å². The first-order valence-corrected chi connectivity index (χ1v) is 48.2. The molecule has 0 radical (unpaired) electrons. The van der Waals surface area contributed by atoms with E-state index >= 15 is 17.6 Å². The minimum absolute atomic E-state index is 0.284. The van der Waals surface area contributed by atoms with Gasteiger partial charge < -0.3 is 19.6 Å². The van der Waals surface area contributed by atoms with E-state index < -0.39 is 23.3 Å². The summed E-state index contributed by atoms with van der Waals surface area (Å²) in [6.07, 6.45) is 0. The third-order valence-electron chi connectivity index (χ3n) is 27.7. The van der Waals surface area contributed by atoms with Crippen molar-refractivity contribution in [2.45, 2.75) is 27.7 Å². The molecule has 0 spiro atoms. The van der Waals surface area contributed by atoms with Gasteiger partial charge in [-0.2, -0.15) is 0 Å². The van der Waals surface area contributed by atoms with Crippen LogP contribution in [0.3, 0.4) is 0 Å². The number of nitrogens with zero attached hydrogens (tertiary/aromatic N) is 4. The molecule has 0 N–H and O–H groups in total. The molecule has 24 rings (SSSR count). The average molecular weight is 1950 g/mol. The number of benzene rings is 24. The van der Waals surface area contributed by atoms with Crippen LogP contribution in [0.4, 0.5) is 121 Å². The zero-order valence-electron chi connectivity index (χ0n) is 79.9. The summed E-state index contributed by atoms with van der Waals surface area (Å²) in [5, 5.41) is 10.5.